The fourth-order valence-corrected chi connectivity index (χ4v) is 2.52. The van der Waals surface area contributed by atoms with Gasteiger partial charge in [0.15, 0.2) is 0 Å². The number of benzene rings is 1. The van der Waals surface area contributed by atoms with Crippen molar-refractivity contribution in [3.8, 4) is 0 Å². The Morgan fingerprint density at radius 1 is 1.32 bits per heavy atom. The van der Waals surface area contributed by atoms with Crippen molar-refractivity contribution in [2.75, 3.05) is 13.2 Å². The van der Waals surface area contributed by atoms with Crippen molar-refractivity contribution < 1.29 is 9.53 Å². The van der Waals surface area contributed by atoms with Crippen LogP contribution < -0.4 is 5.73 Å². The lowest BCUT2D eigenvalue weighted by molar-refractivity contribution is -0.156. The number of esters is 1. The summed E-state index contributed by atoms with van der Waals surface area (Å²) in [5.41, 5.74) is 6.46. The van der Waals surface area contributed by atoms with Gasteiger partial charge in [-0.2, -0.15) is 0 Å². The minimum Gasteiger partial charge on any atom is -0.466 e. The maximum atomic E-state index is 12.3. The highest BCUT2D eigenvalue weighted by atomic mass is 16.5. The zero-order chi connectivity index (χ0) is 14.3. The quantitative estimate of drug-likeness (QED) is 0.770. The lowest BCUT2D eigenvalue weighted by Crippen LogP contribution is -2.43. The van der Waals surface area contributed by atoms with E-state index in [-0.39, 0.29) is 5.97 Å². The van der Waals surface area contributed by atoms with E-state index in [1.807, 2.05) is 37.3 Å². The van der Waals surface area contributed by atoms with Crippen LogP contribution in [0.5, 0.6) is 0 Å². The fourth-order valence-electron chi connectivity index (χ4n) is 2.52. The van der Waals surface area contributed by atoms with Crippen molar-refractivity contribution >= 4 is 5.97 Å². The summed E-state index contributed by atoms with van der Waals surface area (Å²) in [5.74, 6) is 0.228. The van der Waals surface area contributed by atoms with E-state index in [1.165, 1.54) is 0 Å². The topological polar surface area (TPSA) is 52.3 Å². The summed E-state index contributed by atoms with van der Waals surface area (Å²) in [5, 5.41) is 0. The summed E-state index contributed by atoms with van der Waals surface area (Å²) >= 11 is 0. The Hall–Kier alpha value is -1.35. The third-order valence-corrected chi connectivity index (χ3v) is 3.28. The van der Waals surface area contributed by atoms with E-state index in [4.69, 9.17) is 10.5 Å². The smallest absolute Gasteiger partial charge is 0.313 e. The van der Waals surface area contributed by atoms with Gasteiger partial charge < -0.3 is 10.5 Å². The molecule has 19 heavy (non-hydrogen) atoms. The lowest BCUT2D eigenvalue weighted by Gasteiger charge is -2.31. The van der Waals surface area contributed by atoms with Gasteiger partial charge in [0.1, 0.15) is 0 Å². The first kappa shape index (κ1) is 15.7. The van der Waals surface area contributed by atoms with E-state index in [1.54, 1.807) is 0 Å². The van der Waals surface area contributed by atoms with Crippen molar-refractivity contribution in [1.82, 2.24) is 0 Å². The molecule has 0 saturated carbocycles. The maximum absolute atomic E-state index is 12.3. The molecular weight excluding hydrogens is 238 g/mol. The molecule has 0 aromatic heterocycles. The van der Waals surface area contributed by atoms with Crippen LogP contribution in [0.15, 0.2) is 30.3 Å². The van der Waals surface area contributed by atoms with Crippen molar-refractivity contribution in [3.63, 3.8) is 0 Å². The average molecular weight is 263 g/mol. The van der Waals surface area contributed by atoms with E-state index < -0.39 is 5.41 Å². The van der Waals surface area contributed by atoms with Crippen molar-refractivity contribution in [2.45, 2.75) is 33.6 Å². The molecule has 3 nitrogen and oxygen atoms in total. The van der Waals surface area contributed by atoms with E-state index in [9.17, 15) is 4.79 Å². The SMILES string of the molecule is CCOC(=O)C(CN)(Cc1ccccc1)CC(C)C. The molecule has 0 radical (unpaired) electrons. The summed E-state index contributed by atoms with van der Waals surface area (Å²) in [6.07, 6.45) is 1.39. The molecule has 0 saturated heterocycles. The second kappa shape index (κ2) is 7.29. The van der Waals surface area contributed by atoms with Crippen molar-refractivity contribution in [2.24, 2.45) is 17.1 Å². The summed E-state index contributed by atoms with van der Waals surface area (Å²) < 4.78 is 5.25. The van der Waals surface area contributed by atoms with Crippen LogP contribution in [0.2, 0.25) is 0 Å². The second-order valence-corrected chi connectivity index (χ2v) is 5.47. The molecule has 1 atom stereocenters. The minimum absolute atomic E-state index is 0.171. The molecule has 3 heteroatoms. The van der Waals surface area contributed by atoms with Crippen molar-refractivity contribution in [3.05, 3.63) is 35.9 Å². The van der Waals surface area contributed by atoms with Gasteiger partial charge in [-0.05, 0) is 31.2 Å². The Kier molecular flexibility index (Phi) is 6.03. The van der Waals surface area contributed by atoms with Crippen molar-refractivity contribution in [1.29, 1.82) is 0 Å². The van der Waals surface area contributed by atoms with Crippen LogP contribution in [-0.2, 0) is 16.0 Å². The number of carbonyl (C=O) groups excluding carboxylic acids is 1. The third-order valence-electron chi connectivity index (χ3n) is 3.28. The predicted octanol–water partition coefficient (Wildman–Crippen LogP) is 2.78. The van der Waals surface area contributed by atoms with Gasteiger partial charge in [-0.25, -0.2) is 0 Å². The number of ether oxygens (including phenoxy) is 1. The molecule has 106 valence electrons. The zero-order valence-corrected chi connectivity index (χ0v) is 12.2. The molecule has 1 aromatic rings. The predicted molar refractivity (Wildman–Crippen MR) is 77.7 cm³/mol. The van der Waals surface area contributed by atoms with E-state index in [0.717, 1.165) is 12.0 Å². The molecule has 2 N–H and O–H groups in total. The van der Waals surface area contributed by atoms with Gasteiger partial charge in [0.2, 0.25) is 0 Å². The van der Waals surface area contributed by atoms with Crippen LogP contribution in [0.25, 0.3) is 0 Å². The number of rotatable bonds is 7. The number of hydrogen-bond donors (Lipinski definition) is 1. The fraction of sp³-hybridized carbons (Fsp3) is 0.562. The summed E-state index contributed by atoms with van der Waals surface area (Å²) in [4.78, 5) is 12.3. The van der Waals surface area contributed by atoms with Crippen LogP contribution in [0.3, 0.4) is 0 Å². The average Bonchev–Trinajstić information content (AvgIpc) is 2.38. The summed E-state index contributed by atoms with van der Waals surface area (Å²) in [6, 6.07) is 10.0. The van der Waals surface area contributed by atoms with E-state index in [0.29, 0.717) is 25.5 Å². The molecule has 0 heterocycles. The van der Waals surface area contributed by atoms with Crippen LogP contribution in [-0.4, -0.2) is 19.1 Å². The molecule has 0 aliphatic rings. The normalized spacial score (nSPS) is 14.2. The third kappa shape index (κ3) is 4.35. The Morgan fingerprint density at radius 3 is 2.42 bits per heavy atom. The largest absolute Gasteiger partial charge is 0.466 e. The van der Waals surface area contributed by atoms with E-state index >= 15 is 0 Å². The molecule has 0 spiro atoms. The molecule has 0 aliphatic carbocycles. The first-order valence-electron chi connectivity index (χ1n) is 6.95. The number of nitrogens with two attached hydrogens (primary N) is 1. The van der Waals surface area contributed by atoms with Gasteiger partial charge >= 0.3 is 5.97 Å². The molecule has 1 aromatic carbocycles. The number of carbonyl (C=O) groups is 1. The molecule has 0 fully saturated rings. The Morgan fingerprint density at radius 2 is 1.95 bits per heavy atom. The van der Waals surface area contributed by atoms with Gasteiger partial charge in [0.25, 0.3) is 0 Å². The van der Waals surface area contributed by atoms with Crippen LogP contribution in [0.4, 0.5) is 0 Å². The van der Waals surface area contributed by atoms with Gasteiger partial charge in [0.05, 0.1) is 12.0 Å². The lowest BCUT2D eigenvalue weighted by atomic mass is 9.75. The Bertz CT molecular complexity index is 389. The van der Waals surface area contributed by atoms with Gasteiger partial charge in [-0.1, -0.05) is 44.2 Å². The monoisotopic (exact) mass is 263 g/mol. The maximum Gasteiger partial charge on any atom is 0.313 e. The molecule has 0 aliphatic heterocycles. The van der Waals surface area contributed by atoms with Gasteiger partial charge in [-0.15, -0.1) is 0 Å². The number of hydrogen-bond acceptors (Lipinski definition) is 3. The van der Waals surface area contributed by atoms with Crippen LogP contribution in [0.1, 0.15) is 32.8 Å². The van der Waals surface area contributed by atoms with Crippen LogP contribution in [0, 0.1) is 11.3 Å². The second-order valence-electron chi connectivity index (χ2n) is 5.47. The summed E-state index contributed by atoms with van der Waals surface area (Å²) in [6.45, 7) is 6.76. The Balaban J connectivity index is 2.98. The molecule has 1 unspecified atom stereocenters. The molecular formula is C16H25NO2. The highest BCUT2D eigenvalue weighted by Crippen LogP contribution is 2.31. The molecule has 1 rings (SSSR count). The zero-order valence-electron chi connectivity index (χ0n) is 12.2. The first-order chi connectivity index (χ1) is 9.04. The van der Waals surface area contributed by atoms with Gasteiger partial charge in [0, 0.05) is 6.54 Å². The highest BCUT2D eigenvalue weighted by molar-refractivity contribution is 5.77. The van der Waals surface area contributed by atoms with Gasteiger partial charge in [-0.3, -0.25) is 4.79 Å². The molecule has 0 amide bonds. The standard InChI is InChI=1S/C16H25NO2/c1-4-19-15(18)16(12-17,10-13(2)3)11-14-8-6-5-7-9-14/h5-9,13H,4,10-12,17H2,1-3H3. The first-order valence-corrected chi connectivity index (χ1v) is 6.95. The summed E-state index contributed by atoms with van der Waals surface area (Å²) in [7, 11) is 0. The Labute approximate surface area is 116 Å². The van der Waals surface area contributed by atoms with Crippen LogP contribution >= 0.6 is 0 Å². The molecule has 0 bridgehead atoms. The minimum atomic E-state index is -0.606. The van der Waals surface area contributed by atoms with E-state index in [2.05, 4.69) is 13.8 Å². The highest BCUT2D eigenvalue weighted by Gasteiger charge is 2.39.